The molecule has 0 bridgehead atoms. The molecule has 0 saturated carbocycles. The normalized spacial score (nSPS) is 16.8. The summed E-state index contributed by atoms with van der Waals surface area (Å²) in [6, 6.07) is 7.37. The van der Waals surface area contributed by atoms with Crippen LogP contribution in [0.1, 0.15) is 21.8 Å². The van der Waals surface area contributed by atoms with Crippen LogP contribution in [0.15, 0.2) is 53.7 Å². The molecule has 0 N–H and O–H groups in total. The molecule has 3 aromatic heterocycles. The number of ether oxygens (including phenoxy) is 1. The Morgan fingerprint density at radius 3 is 3.04 bits per heavy atom. The van der Waals surface area contributed by atoms with Gasteiger partial charge in [0.1, 0.15) is 0 Å². The van der Waals surface area contributed by atoms with E-state index in [0.29, 0.717) is 31.3 Å². The number of pyridine rings is 1. The van der Waals surface area contributed by atoms with Crippen LogP contribution >= 0.6 is 0 Å². The molecule has 7 heteroatoms. The molecule has 4 heterocycles. The van der Waals surface area contributed by atoms with Crippen LogP contribution in [0.4, 0.5) is 0 Å². The largest absolute Gasteiger partial charge is 0.477 e. The number of aromatic nitrogens is 3. The van der Waals surface area contributed by atoms with Crippen molar-refractivity contribution in [1.29, 1.82) is 0 Å². The van der Waals surface area contributed by atoms with Crippen molar-refractivity contribution in [2.24, 2.45) is 5.92 Å². The fourth-order valence-electron chi connectivity index (χ4n) is 3.18. The van der Waals surface area contributed by atoms with Gasteiger partial charge in [-0.3, -0.25) is 4.79 Å². The highest BCUT2D eigenvalue weighted by molar-refractivity contribution is 5.92. The van der Waals surface area contributed by atoms with E-state index in [-0.39, 0.29) is 11.8 Å². The number of furan rings is 1. The molecule has 1 atom stereocenters. The molecule has 1 aliphatic rings. The third-order valence-corrected chi connectivity index (χ3v) is 4.53. The van der Waals surface area contributed by atoms with Crippen LogP contribution in [0.25, 0.3) is 0 Å². The van der Waals surface area contributed by atoms with E-state index >= 15 is 0 Å². The summed E-state index contributed by atoms with van der Waals surface area (Å²) in [6.45, 7) is 4.16. The van der Waals surface area contributed by atoms with Gasteiger partial charge >= 0.3 is 0 Å². The molecule has 0 unspecified atom stereocenters. The van der Waals surface area contributed by atoms with Gasteiger partial charge < -0.3 is 18.6 Å². The fourth-order valence-corrected chi connectivity index (χ4v) is 3.18. The first-order valence-electron chi connectivity index (χ1n) is 8.57. The van der Waals surface area contributed by atoms with Gasteiger partial charge in [-0.15, -0.1) is 0 Å². The van der Waals surface area contributed by atoms with Crippen LogP contribution in [0.5, 0.6) is 5.88 Å². The average molecular weight is 352 g/mol. The molecule has 0 spiro atoms. The molecule has 0 aromatic carbocycles. The van der Waals surface area contributed by atoms with Crippen LogP contribution in [0.3, 0.4) is 0 Å². The molecule has 134 valence electrons. The Morgan fingerprint density at radius 2 is 2.27 bits per heavy atom. The lowest BCUT2D eigenvalue weighted by Crippen LogP contribution is -2.36. The summed E-state index contributed by atoms with van der Waals surface area (Å²) in [6.07, 6.45) is 6.85. The number of aryl methyl sites for hydroxylation is 1. The topological polar surface area (TPSA) is 73.4 Å². The van der Waals surface area contributed by atoms with Gasteiger partial charge in [-0.25, -0.2) is 9.97 Å². The van der Waals surface area contributed by atoms with Crippen molar-refractivity contribution < 1.29 is 13.9 Å². The Balaban J connectivity index is 1.53. The van der Waals surface area contributed by atoms with E-state index in [1.807, 2.05) is 25.1 Å². The molecule has 4 rings (SSSR count). The number of amides is 1. The summed E-state index contributed by atoms with van der Waals surface area (Å²) in [7, 11) is 0. The molecule has 26 heavy (non-hydrogen) atoms. The van der Waals surface area contributed by atoms with E-state index in [4.69, 9.17) is 9.15 Å². The lowest BCUT2D eigenvalue weighted by molar-refractivity contribution is 0.0667. The Labute approximate surface area is 151 Å². The van der Waals surface area contributed by atoms with E-state index in [9.17, 15) is 4.79 Å². The second-order valence-corrected chi connectivity index (χ2v) is 6.50. The molecule has 0 aliphatic carbocycles. The number of hydrogen-bond donors (Lipinski definition) is 0. The number of carbonyl (C=O) groups excluding carboxylic acids is 1. The first-order valence-corrected chi connectivity index (χ1v) is 8.57. The van der Waals surface area contributed by atoms with Gasteiger partial charge in [-0.05, 0) is 19.1 Å². The molecule has 0 saturated heterocycles. The lowest BCUT2D eigenvalue weighted by Gasteiger charge is -2.23. The molecule has 3 aromatic rings. The number of fused-ring (bicyclic) bond motifs is 1. The van der Waals surface area contributed by atoms with Crippen molar-refractivity contribution in [1.82, 2.24) is 19.4 Å². The van der Waals surface area contributed by atoms with Crippen molar-refractivity contribution in [3.05, 3.63) is 66.3 Å². The van der Waals surface area contributed by atoms with Crippen LogP contribution < -0.4 is 4.74 Å². The summed E-state index contributed by atoms with van der Waals surface area (Å²) < 4.78 is 13.3. The second kappa shape index (κ2) is 7.03. The summed E-state index contributed by atoms with van der Waals surface area (Å²) in [5.41, 5.74) is 1.84. The maximum Gasteiger partial charge on any atom is 0.290 e. The number of carbonyl (C=O) groups is 1. The number of nitrogens with zero attached hydrogens (tertiary/aromatic N) is 4. The van der Waals surface area contributed by atoms with E-state index in [1.54, 1.807) is 36.0 Å². The van der Waals surface area contributed by atoms with E-state index in [0.717, 1.165) is 17.8 Å². The molecule has 7 nitrogen and oxygen atoms in total. The zero-order chi connectivity index (χ0) is 17.9. The van der Waals surface area contributed by atoms with Gasteiger partial charge in [0.05, 0.1) is 31.4 Å². The monoisotopic (exact) mass is 352 g/mol. The first-order chi connectivity index (χ1) is 12.7. The zero-order valence-corrected chi connectivity index (χ0v) is 14.5. The predicted octanol–water partition coefficient (Wildman–Crippen LogP) is 2.53. The smallest absolute Gasteiger partial charge is 0.290 e. The third-order valence-electron chi connectivity index (χ3n) is 4.53. The fraction of sp³-hybridized carbons (Fsp3) is 0.316. The molecular weight excluding hydrogens is 332 g/mol. The standard InChI is InChI=1S/C19H20N4O3/c1-14-5-7-25-18(14)19(24)22-9-15(10-23-13-20-8-16(23)11-22)12-26-17-4-2-3-6-21-17/h2-8,13,15H,9-12H2,1H3/t15-/m1/s1. The Hall–Kier alpha value is -3.09. The van der Waals surface area contributed by atoms with Crippen LogP contribution in [0, 0.1) is 12.8 Å². The Kier molecular flexibility index (Phi) is 4.43. The number of imidazole rings is 1. The number of hydrogen-bond acceptors (Lipinski definition) is 5. The van der Waals surface area contributed by atoms with Crippen LogP contribution in [0.2, 0.25) is 0 Å². The van der Waals surface area contributed by atoms with Gasteiger partial charge in [-0.2, -0.15) is 0 Å². The summed E-state index contributed by atoms with van der Waals surface area (Å²) in [5.74, 6) is 0.987. The van der Waals surface area contributed by atoms with E-state index in [1.165, 1.54) is 0 Å². The highest BCUT2D eigenvalue weighted by Crippen LogP contribution is 2.21. The third kappa shape index (κ3) is 3.33. The highest BCUT2D eigenvalue weighted by Gasteiger charge is 2.28. The van der Waals surface area contributed by atoms with Crippen LogP contribution in [-0.4, -0.2) is 38.5 Å². The van der Waals surface area contributed by atoms with Crippen molar-refractivity contribution in [3.8, 4) is 5.88 Å². The highest BCUT2D eigenvalue weighted by atomic mass is 16.5. The van der Waals surface area contributed by atoms with Crippen LogP contribution in [-0.2, 0) is 13.1 Å². The maximum atomic E-state index is 12.9. The molecule has 0 radical (unpaired) electrons. The SMILES string of the molecule is Cc1ccoc1C(=O)N1Cc2cncn2C[C@H](COc2ccccn2)C1. The molecule has 1 aliphatic heterocycles. The second-order valence-electron chi connectivity index (χ2n) is 6.50. The minimum Gasteiger partial charge on any atom is -0.477 e. The average Bonchev–Trinajstić information content (AvgIpc) is 3.24. The maximum absolute atomic E-state index is 12.9. The van der Waals surface area contributed by atoms with Gasteiger partial charge in [0.15, 0.2) is 5.76 Å². The number of rotatable bonds is 4. The molecular formula is C19H20N4O3. The summed E-state index contributed by atoms with van der Waals surface area (Å²) >= 11 is 0. The van der Waals surface area contributed by atoms with Gasteiger partial charge in [0, 0.05) is 43.0 Å². The van der Waals surface area contributed by atoms with Crippen molar-refractivity contribution in [3.63, 3.8) is 0 Å². The van der Waals surface area contributed by atoms with Crippen molar-refractivity contribution in [2.45, 2.75) is 20.0 Å². The van der Waals surface area contributed by atoms with E-state index in [2.05, 4.69) is 14.5 Å². The van der Waals surface area contributed by atoms with Gasteiger partial charge in [-0.1, -0.05) is 6.07 Å². The molecule has 1 amide bonds. The lowest BCUT2D eigenvalue weighted by atomic mass is 10.1. The first kappa shape index (κ1) is 16.4. The predicted molar refractivity (Wildman–Crippen MR) is 93.6 cm³/mol. The minimum atomic E-state index is -0.106. The summed E-state index contributed by atoms with van der Waals surface area (Å²) in [5, 5.41) is 0. The minimum absolute atomic E-state index is 0.106. The van der Waals surface area contributed by atoms with Crippen molar-refractivity contribution in [2.75, 3.05) is 13.2 Å². The van der Waals surface area contributed by atoms with Gasteiger partial charge in [0.25, 0.3) is 5.91 Å². The molecule has 0 fully saturated rings. The van der Waals surface area contributed by atoms with Gasteiger partial charge in [0.2, 0.25) is 5.88 Å². The Bertz CT molecular complexity index is 887. The quantitative estimate of drug-likeness (QED) is 0.721. The van der Waals surface area contributed by atoms with E-state index < -0.39 is 0 Å². The summed E-state index contributed by atoms with van der Waals surface area (Å²) in [4.78, 5) is 23.2. The Morgan fingerprint density at radius 1 is 1.35 bits per heavy atom. The van der Waals surface area contributed by atoms with Crippen molar-refractivity contribution >= 4 is 5.91 Å². The zero-order valence-electron chi connectivity index (χ0n) is 14.5.